The van der Waals surface area contributed by atoms with Crippen molar-refractivity contribution in [2.45, 2.75) is 68.6 Å². The average molecular weight is 469 g/mol. The number of H-pyrrole nitrogens is 1. The van der Waals surface area contributed by atoms with E-state index in [-0.39, 0.29) is 17.9 Å². The number of aromatic hydroxyl groups is 1. The van der Waals surface area contributed by atoms with E-state index in [9.17, 15) is 10.2 Å². The molecule has 0 radical (unpaired) electrons. The molecule has 5 nitrogen and oxygen atoms in total. The van der Waals surface area contributed by atoms with Gasteiger partial charge in [-0.15, -0.1) is 0 Å². The highest BCUT2D eigenvalue weighted by Gasteiger charge is 2.73. The minimum absolute atomic E-state index is 0.0684. The molecule has 2 aromatic carbocycles. The van der Waals surface area contributed by atoms with Gasteiger partial charge in [0.1, 0.15) is 0 Å². The van der Waals surface area contributed by atoms with Gasteiger partial charge in [0, 0.05) is 30.3 Å². The maximum absolute atomic E-state index is 12.9. The summed E-state index contributed by atoms with van der Waals surface area (Å²) in [6.45, 7) is 4.22. The molecule has 1 saturated heterocycles. The number of fused-ring (bicyclic) bond motifs is 2. The molecule has 1 saturated carbocycles. The first-order valence-corrected chi connectivity index (χ1v) is 13.2. The Morgan fingerprint density at radius 2 is 1.97 bits per heavy atom. The van der Waals surface area contributed by atoms with Crippen molar-refractivity contribution >= 4 is 0 Å². The van der Waals surface area contributed by atoms with Crippen molar-refractivity contribution in [3.05, 3.63) is 81.7 Å². The third kappa shape index (κ3) is 2.51. The van der Waals surface area contributed by atoms with E-state index in [1.165, 1.54) is 35.1 Å². The molecular weight excluding hydrogens is 436 g/mol. The summed E-state index contributed by atoms with van der Waals surface area (Å²) >= 11 is 0. The SMILES string of the molecule is Cc1[nH]c2c(c1Cc1ccccc1)C[C@@]1(O)C3Cc4ccc(O)c5c4C1(CCN3CC1CC1)[C@H]2O5. The molecule has 35 heavy (non-hydrogen) atoms. The number of rotatable bonds is 4. The van der Waals surface area contributed by atoms with Crippen molar-refractivity contribution in [1.82, 2.24) is 9.88 Å². The van der Waals surface area contributed by atoms with Crippen LogP contribution in [-0.4, -0.2) is 44.8 Å². The lowest BCUT2D eigenvalue weighted by Crippen LogP contribution is -2.74. The molecule has 5 aliphatic rings. The predicted octanol–water partition coefficient (Wildman–Crippen LogP) is 4.32. The molecule has 4 atom stereocenters. The zero-order chi connectivity index (χ0) is 23.5. The van der Waals surface area contributed by atoms with Crippen LogP contribution in [-0.2, 0) is 24.7 Å². The minimum Gasteiger partial charge on any atom is -0.504 e. The molecule has 2 fully saturated rings. The van der Waals surface area contributed by atoms with Gasteiger partial charge in [0.2, 0.25) is 0 Å². The van der Waals surface area contributed by atoms with Crippen LogP contribution in [0.5, 0.6) is 11.5 Å². The second kappa shape index (κ2) is 6.71. The fraction of sp³-hybridized carbons (Fsp3) is 0.467. The summed E-state index contributed by atoms with van der Waals surface area (Å²) in [6, 6.07) is 14.5. The highest BCUT2D eigenvalue weighted by Crippen LogP contribution is 2.69. The quantitative estimate of drug-likeness (QED) is 0.534. The molecule has 3 N–H and O–H groups in total. The number of piperidine rings is 1. The van der Waals surface area contributed by atoms with E-state index >= 15 is 0 Å². The van der Waals surface area contributed by atoms with Crippen LogP contribution >= 0.6 is 0 Å². The van der Waals surface area contributed by atoms with Crippen LogP contribution in [0.4, 0.5) is 0 Å². The summed E-state index contributed by atoms with van der Waals surface area (Å²) in [5.41, 5.74) is 6.93. The standard InChI is InChI=1S/C30H32N2O3/c1-17-21(13-18-5-3-2-4-6-18)22-15-30(34)24-14-20-9-10-23(33)27-25(20)29(30,28(35-27)26(22)31-17)11-12-32(24)16-19-7-8-19/h2-6,9-10,19,24,28,31,33-34H,7-8,11-16H2,1H3/t24?,28-,29?,30+/m0/s1. The molecule has 1 spiro atoms. The summed E-state index contributed by atoms with van der Waals surface area (Å²) < 4.78 is 6.69. The topological polar surface area (TPSA) is 68.7 Å². The largest absolute Gasteiger partial charge is 0.504 e. The van der Waals surface area contributed by atoms with Gasteiger partial charge in [0.25, 0.3) is 0 Å². The van der Waals surface area contributed by atoms with Crippen molar-refractivity contribution in [1.29, 1.82) is 0 Å². The number of likely N-dealkylation sites (tertiary alicyclic amines) is 1. The number of benzene rings is 2. The highest BCUT2D eigenvalue weighted by molar-refractivity contribution is 5.65. The lowest BCUT2D eigenvalue weighted by molar-refractivity contribution is -0.173. The normalized spacial score (nSPS) is 32.2. The number of hydrogen-bond donors (Lipinski definition) is 3. The third-order valence-electron chi connectivity index (χ3n) is 9.91. The average Bonchev–Trinajstić information content (AvgIpc) is 3.52. The Balaban J connectivity index is 1.33. The first kappa shape index (κ1) is 20.4. The summed E-state index contributed by atoms with van der Waals surface area (Å²) in [6.07, 6.45) is 5.48. The van der Waals surface area contributed by atoms with Crippen molar-refractivity contribution in [3.63, 3.8) is 0 Å². The second-order valence-corrected chi connectivity index (χ2v) is 11.7. The molecule has 180 valence electrons. The van der Waals surface area contributed by atoms with Gasteiger partial charge in [0.15, 0.2) is 17.6 Å². The Morgan fingerprint density at radius 1 is 1.14 bits per heavy atom. The molecule has 2 aliphatic heterocycles. The van der Waals surface area contributed by atoms with Crippen molar-refractivity contribution in [2.24, 2.45) is 5.92 Å². The predicted molar refractivity (Wildman–Crippen MR) is 133 cm³/mol. The molecule has 1 aromatic heterocycles. The number of nitrogens with one attached hydrogen (secondary N) is 1. The fourth-order valence-corrected chi connectivity index (χ4v) is 8.15. The Bertz CT molecular complexity index is 1360. The zero-order valence-electron chi connectivity index (χ0n) is 20.2. The maximum Gasteiger partial charge on any atom is 0.166 e. The molecule has 3 heterocycles. The van der Waals surface area contributed by atoms with Gasteiger partial charge in [-0.3, -0.25) is 4.90 Å². The number of phenolic OH excluding ortho intramolecular Hbond substituents is 1. The number of aromatic nitrogens is 1. The summed E-state index contributed by atoms with van der Waals surface area (Å²) in [7, 11) is 0. The van der Waals surface area contributed by atoms with Gasteiger partial charge in [0.05, 0.1) is 16.7 Å². The van der Waals surface area contributed by atoms with Crippen LogP contribution < -0.4 is 4.74 Å². The van der Waals surface area contributed by atoms with Crippen molar-refractivity contribution < 1.29 is 14.9 Å². The van der Waals surface area contributed by atoms with E-state index in [0.29, 0.717) is 12.2 Å². The molecule has 5 heteroatoms. The smallest absolute Gasteiger partial charge is 0.166 e. The van der Waals surface area contributed by atoms with E-state index in [4.69, 9.17) is 4.74 Å². The van der Waals surface area contributed by atoms with Crippen molar-refractivity contribution in [3.8, 4) is 11.5 Å². The van der Waals surface area contributed by atoms with Crippen LogP contribution in [0.3, 0.4) is 0 Å². The van der Waals surface area contributed by atoms with Crippen LogP contribution in [0.2, 0.25) is 0 Å². The summed E-state index contributed by atoms with van der Waals surface area (Å²) in [5, 5.41) is 23.8. The first-order valence-electron chi connectivity index (χ1n) is 13.2. The third-order valence-corrected chi connectivity index (χ3v) is 9.91. The van der Waals surface area contributed by atoms with Gasteiger partial charge >= 0.3 is 0 Å². The van der Waals surface area contributed by atoms with Gasteiger partial charge in [-0.05, 0) is 79.8 Å². The minimum atomic E-state index is -0.927. The second-order valence-electron chi connectivity index (χ2n) is 11.7. The Labute approximate surface area is 205 Å². The van der Waals surface area contributed by atoms with E-state index in [2.05, 4.69) is 53.2 Å². The molecule has 0 amide bonds. The monoisotopic (exact) mass is 468 g/mol. The fourth-order valence-electron chi connectivity index (χ4n) is 8.15. The number of aromatic amines is 1. The Hall–Kier alpha value is -2.76. The number of hydrogen-bond acceptors (Lipinski definition) is 4. The van der Waals surface area contributed by atoms with E-state index < -0.39 is 11.0 Å². The molecular formula is C30H32N2O3. The number of aliphatic hydroxyl groups is 1. The highest BCUT2D eigenvalue weighted by atomic mass is 16.5. The number of phenols is 1. The summed E-state index contributed by atoms with van der Waals surface area (Å²) in [5.74, 6) is 1.58. The lowest BCUT2D eigenvalue weighted by Gasteiger charge is -2.62. The Kier molecular flexibility index (Phi) is 3.92. The molecule has 3 aromatic rings. The van der Waals surface area contributed by atoms with Crippen LogP contribution in [0.15, 0.2) is 42.5 Å². The number of nitrogens with zero attached hydrogens (tertiary/aromatic N) is 1. The van der Waals surface area contributed by atoms with E-state index in [0.717, 1.165) is 55.2 Å². The number of aryl methyl sites for hydroxylation is 1. The maximum atomic E-state index is 12.9. The zero-order valence-corrected chi connectivity index (χ0v) is 20.2. The lowest BCUT2D eigenvalue weighted by atomic mass is 9.49. The molecule has 2 unspecified atom stereocenters. The van der Waals surface area contributed by atoms with Gasteiger partial charge in [-0.25, -0.2) is 0 Å². The van der Waals surface area contributed by atoms with E-state index in [1.54, 1.807) is 6.07 Å². The van der Waals surface area contributed by atoms with Crippen LogP contribution in [0.1, 0.15) is 64.6 Å². The van der Waals surface area contributed by atoms with Gasteiger partial charge < -0.3 is 19.9 Å². The summed E-state index contributed by atoms with van der Waals surface area (Å²) in [4.78, 5) is 6.30. The Morgan fingerprint density at radius 3 is 2.77 bits per heavy atom. The number of ether oxygens (including phenoxy) is 1. The molecule has 2 bridgehead atoms. The van der Waals surface area contributed by atoms with Gasteiger partial charge in [-0.2, -0.15) is 0 Å². The van der Waals surface area contributed by atoms with Crippen LogP contribution in [0.25, 0.3) is 0 Å². The molecule has 3 aliphatic carbocycles. The van der Waals surface area contributed by atoms with E-state index in [1.807, 2.05) is 0 Å². The van der Waals surface area contributed by atoms with Gasteiger partial charge in [-0.1, -0.05) is 36.4 Å². The first-order chi connectivity index (χ1) is 17.0. The van der Waals surface area contributed by atoms with Crippen LogP contribution in [0, 0.1) is 12.8 Å². The molecule has 8 rings (SSSR count). The van der Waals surface area contributed by atoms with Crippen molar-refractivity contribution in [2.75, 3.05) is 13.1 Å².